The fourth-order valence-electron chi connectivity index (χ4n) is 1.50. The number of imide groups is 1. The highest BCUT2D eigenvalue weighted by atomic mass is 35.5. The number of carbonyl (C=O) groups is 2. The van der Waals surface area contributed by atoms with Crippen molar-refractivity contribution in [2.24, 2.45) is 0 Å². The number of urea groups is 1. The number of hydrogen-bond donors (Lipinski definition) is 3. The monoisotopic (exact) mass is 299 g/mol. The van der Waals surface area contributed by atoms with Crippen molar-refractivity contribution >= 4 is 29.2 Å². The summed E-state index contributed by atoms with van der Waals surface area (Å²) in [5.74, 6) is 0.125. The van der Waals surface area contributed by atoms with Crippen LogP contribution in [0.1, 0.15) is 13.8 Å². The zero-order chi connectivity index (χ0) is 15.1. The van der Waals surface area contributed by atoms with Gasteiger partial charge >= 0.3 is 6.03 Å². The Bertz CT molecular complexity index is 494. The van der Waals surface area contributed by atoms with Gasteiger partial charge in [-0.1, -0.05) is 11.6 Å². The number of methoxy groups -OCH3 is 1. The molecule has 20 heavy (non-hydrogen) atoms. The summed E-state index contributed by atoms with van der Waals surface area (Å²) in [5, 5.41) is 8.10. The maximum absolute atomic E-state index is 11.7. The van der Waals surface area contributed by atoms with Gasteiger partial charge < -0.3 is 15.4 Å². The van der Waals surface area contributed by atoms with Gasteiger partial charge in [0.1, 0.15) is 11.8 Å². The molecule has 6 nitrogen and oxygen atoms in total. The Balaban J connectivity index is 2.61. The fraction of sp³-hybridized carbons (Fsp3) is 0.385. The third-order valence-corrected chi connectivity index (χ3v) is 2.80. The zero-order valence-electron chi connectivity index (χ0n) is 11.6. The highest BCUT2D eigenvalue weighted by Gasteiger charge is 2.15. The van der Waals surface area contributed by atoms with Crippen LogP contribution in [0.15, 0.2) is 18.2 Å². The molecule has 0 aliphatic heterocycles. The zero-order valence-corrected chi connectivity index (χ0v) is 12.4. The highest BCUT2D eigenvalue weighted by molar-refractivity contribution is 6.32. The van der Waals surface area contributed by atoms with Crippen molar-refractivity contribution in [3.05, 3.63) is 23.2 Å². The predicted octanol–water partition coefficient (Wildman–Crippen LogP) is 1.99. The van der Waals surface area contributed by atoms with Crippen LogP contribution in [0.5, 0.6) is 5.75 Å². The van der Waals surface area contributed by atoms with Crippen molar-refractivity contribution in [2.45, 2.75) is 19.9 Å². The molecule has 0 heterocycles. The quantitative estimate of drug-likeness (QED) is 0.777. The van der Waals surface area contributed by atoms with Gasteiger partial charge in [-0.2, -0.15) is 0 Å². The molecule has 0 aromatic heterocycles. The largest absolute Gasteiger partial charge is 0.495 e. The molecule has 1 atom stereocenters. The van der Waals surface area contributed by atoms with E-state index in [0.717, 1.165) is 0 Å². The average molecular weight is 300 g/mol. The summed E-state index contributed by atoms with van der Waals surface area (Å²) in [6.07, 6.45) is 0. The van der Waals surface area contributed by atoms with Crippen molar-refractivity contribution in [3.8, 4) is 5.75 Å². The number of nitrogens with one attached hydrogen (secondary N) is 3. The number of amides is 3. The van der Waals surface area contributed by atoms with E-state index in [-0.39, 0.29) is 0 Å². The van der Waals surface area contributed by atoms with Crippen molar-refractivity contribution in [2.75, 3.05) is 19.0 Å². The second kappa shape index (κ2) is 7.59. The van der Waals surface area contributed by atoms with Crippen molar-refractivity contribution in [3.63, 3.8) is 0 Å². The summed E-state index contributed by atoms with van der Waals surface area (Å²) >= 11 is 5.99. The lowest BCUT2D eigenvalue weighted by Crippen LogP contribution is -2.45. The molecule has 7 heteroatoms. The first-order valence-electron chi connectivity index (χ1n) is 6.16. The molecular weight excluding hydrogens is 282 g/mol. The summed E-state index contributed by atoms with van der Waals surface area (Å²) in [5.41, 5.74) is 0.661. The number of carbonyl (C=O) groups excluding carboxylic acids is 2. The van der Waals surface area contributed by atoms with Crippen LogP contribution in [0.4, 0.5) is 10.5 Å². The van der Waals surface area contributed by atoms with Crippen LogP contribution in [-0.4, -0.2) is 31.6 Å². The molecular formula is C13H18ClN3O3. The SMILES string of the molecule is CCNC(=O)NC(=O)[C@H](C)Nc1ccc(OC)c(Cl)c1. The van der Waals surface area contributed by atoms with E-state index in [9.17, 15) is 9.59 Å². The molecule has 0 unspecified atom stereocenters. The fourth-order valence-corrected chi connectivity index (χ4v) is 1.75. The summed E-state index contributed by atoms with van der Waals surface area (Å²) in [6.45, 7) is 3.87. The lowest BCUT2D eigenvalue weighted by molar-refractivity contribution is -0.120. The maximum atomic E-state index is 11.7. The molecule has 3 N–H and O–H groups in total. The Labute approximate surface area is 122 Å². The summed E-state index contributed by atoms with van der Waals surface area (Å²) in [7, 11) is 1.52. The normalized spacial score (nSPS) is 11.4. The second-order valence-electron chi connectivity index (χ2n) is 4.06. The summed E-state index contributed by atoms with van der Waals surface area (Å²) in [4.78, 5) is 23.0. The number of anilines is 1. The summed E-state index contributed by atoms with van der Waals surface area (Å²) < 4.78 is 5.04. The van der Waals surface area contributed by atoms with Gasteiger partial charge in [-0.15, -0.1) is 0 Å². The molecule has 3 amide bonds. The van der Waals surface area contributed by atoms with Gasteiger partial charge in [0.15, 0.2) is 0 Å². The van der Waals surface area contributed by atoms with E-state index >= 15 is 0 Å². The third-order valence-electron chi connectivity index (χ3n) is 2.50. The van der Waals surface area contributed by atoms with Crippen LogP contribution < -0.4 is 20.7 Å². The number of hydrogen-bond acceptors (Lipinski definition) is 4. The molecule has 0 spiro atoms. The molecule has 1 aromatic rings. The molecule has 110 valence electrons. The molecule has 1 aromatic carbocycles. The first-order chi connectivity index (χ1) is 9.47. The Kier molecular flexibility index (Phi) is 6.11. The summed E-state index contributed by atoms with van der Waals surface area (Å²) in [6, 6.07) is 3.98. The van der Waals surface area contributed by atoms with Crippen LogP contribution in [0, 0.1) is 0 Å². The maximum Gasteiger partial charge on any atom is 0.321 e. The Morgan fingerprint density at radius 2 is 2.10 bits per heavy atom. The first-order valence-corrected chi connectivity index (χ1v) is 6.54. The number of ether oxygens (including phenoxy) is 1. The van der Waals surface area contributed by atoms with E-state index < -0.39 is 18.0 Å². The third kappa shape index (κ3) is 4.62. The van der Waals surface area contributed by atoms with Gasteiger partial charge in [0.25, 0.3) is 0 Å². The van der Waals surface area contributed by atoms with Gasteiger partial charge in [0.05, 0.1) is 12.1 Å². The molecule has 0 aliphatic carbocycles. The first kappa shape index (κ1) is 16.1. The van der Waals surface area contributed by atoms with E-state index in [1.807, 2.05) is 0 Å². The minimum atomic E-state index is -0.581. The Morgan fingerprint density at radius 1 is 1.40 bits per heavy atom. The van der Waals surface area contributed by atoms with Crippen molar-refractivity contribution in [1.29, 1.82) is 0 Å². The number of benzene rings is 1. The van der Waals surface area contributed by atoms with Crippen LogP contribution in [0.3, 0.4) is 0 Å². The van der Waals surface area contributed by atoms with Crippen LogP contribution in [0.2, 0.25) is 5.02 Å². The second-order valence-corrected chi connectivity index (χ2v) is 4.47. The van der Waals surface area contributed by atoms with Gasteiger partial charge in [0, 0.05) is 12.2 Å². The van der Waals surface area contributed by atoms with E-state index in [1.54, 1.807) is 32.0 Å². The van der Waals surface area contributed by atoms with Gasteiger partial charge in [0.2, 0.25) is 5.91 Å². The van der Waals surface area contributed by atoms with Crippen LogP contribution in [-0.2, 0) is 4.79 Å². The smallest absolute Gasteiger partial charge is 0.321 e. The number of rotatable bonds is 5. The lowest BCUT2D eigenvalue weighted by atomic mass is 10.2. The van der Waals surface area contributed by atoms with Crippen LogP contribution >= 0.6 is 11.6 Å². The van der Waals surface area contributed by atoms with E-state index in [2.05, 4.69) is 16.0 Å². The van der Waals surface area contributed by atoms with Gasteiger partial charge in [-0.05, 0) is 32.0 Å². The Morgan fingerprint density at radius 3 is 2.65 bits per heavy atom. The molecule has 0 radical (unpaired) electrons. The predicted molar refractivity (Wildman–Crippen MR) is 78.3 cm³/mol. The van der Waals surface area contributed by atoms with E-state index in [4.69, 9.17) is 16.3 Å². The average Bonchev–Trinajstić information content (AvgIpc) is 2.39. The molecule has 0 bridgehead atoms. The molecule has 0 saturated heterocycles. The molecule has 0 fully saturated rings. The lowest BCUT2D eigenvalue weighted by Gasteiger charge is -2.15. The molecule has 0 saturated carbocycles. The highest BCUT2D eigenvalue weighted by Crippen LogP contribution is 2.27. The Hall–Kier alpha value is -1.95. The van der Waals surface area contributed by atoms with Gasteiger partial charge in [-0.25, -0.2) is 4.79 Å². The topological polar surface area (TPSA) is 79.5 Å². The van der Waals surface area contributed by atoms with Crippen LogP contribution in [0.25, 0.3) is 0 Å². The molecule has 0 aliphatic rings. The minimum absolute atomic E-state index is 0.428. The van der Waals surface area contributed by atoms with Crippen molar-refractivity contribution < 1.29 is 14.3 Å². The molecule has 1 rings (SSSR count). The van der Waals surface area contributed by atoms with Crippen molar-refractivity contribution in [1.82, 2.24) is 10.6 Å². The van der Waals surface area contributed by atoms with E-state index in [0.29, 0.717) is 23.0 Å². The minimum Gasteiger partial charge on any atom is -0.495 e. The van der Waals surface area contributed by atoms with E-state index in [1.165, 1.54) is 7.11 Å². The number of halogens is 1. The standard InChI is InChI=1S/C13H18ClN3O3/c1-4-15-13(19)17-12(18)8(2)16-9-5-6-11(20-3)10(14)7-9/h5-8,16H,4H2,1-3H3,(H2,15,17,18,19)/t8-/m0/s1. The van der Waals surface area contributed by atoms with Gasteiger partial charge in [-0.3, -0.25) is 10.1 Å².